The van der Waals surface area contributed by atoms with E-state index in [9.17, 15) is 19.5 Å². The number of carbonyl (C=O) groups is 3. The van der Waals surface area contributed by atoms with E-state index in [4.69, 9.17) is 14.6 Å². The van der Waals surface area contributed by atoms with Crippen molar-refractivity contribution in [3.8, 4) is 0 Å². The summed E-state index contributed by atoms with van der Waals surface area (Å²) >= 11 is 0. The van der Waals surface area contributed by atoms with Gasteiger partial charge in [0.2, 0.25) is 0 Å². The Balaban J connectivity index is 1.85. The van der Waals surface area contributed by atoms with Crippen LogP contribution < -0.4 is 0 Å². The lowest BCUT2D eigenvalue weighted by Crippen LogP contribution is -2.64. The maximum Gasteiger partial charge on any atom is 0.330 e. The Morgan fingerprint density at radius 1 is 0.944 bits per heavy atom. The third-order valence-electron chi connectivity index (χ3n) is 10.5. The minimum atomic E-state index is -1.16. The molecule has 3 aliphatic rings. The van der Waals surface area contributed by atoms with Crippen molar-refractivity contribution in [2.45, 2.75) is 111 Å². The van der Waals surface area contributed by atoms with Crippen LogP contribution >= 0.6 is 0 Å². The molecule has 0 radical (unpaired) electrons. The topological polar surface area (TPSA) is 110 Å². The fourth-order valence-electron chi connectivity index (χ4n) is 8.84. The minimum Gasteiger partial charge on any atom is -0.481 e. The molecule has 0 amide bonds. The number of allylic oxidation sites excluding steroid dienone is 1. The number of carboxylic acid groups (broad SMARTS) is 1. The largest absolute Gasteiger partial charge is 0.481 e. The maximum atomic E-state index is 12.2. The van der Waals surface area contributed by atoms with E-state index < -0.39 is 24.0 Å². The third-order valence-corrected chi connectivity index (χ3v) is 10.5. The zero-order valence-electron chi connectivity index (χ0n) is 23.2. The normalized spacial score (nSPS) is 39.9. The number of hydrogen-bond donors (Lipinski definition) is 2. The fourth-order valence-corrected chi connectivity index (χ4v) is 8.84. The minimum absolute atomic E-state index is 0.0395. The van der Waals surface area contributed by atoms with Crippen molar-refractivity contribution in [3.05, 3.63) is 11.6 Å². The van der Waals surface area contributed by atoms with Crippen LogP contribution in [0.3, 0.4) is 0 Å². The van der Waals surface area contributed by atoms with E-state index in [2.05, 4.69) is 27.7 Å². The average Bonchev–Trinajstić information content (AvgIpc) is 2.73. The molecule has 204 valence electrons. The van der Waals surface area contributed by atoms with Crippen molar-refractivity contribution in [1.29, 1.82) is 0 Å². The molecule has 7 nitrogen and oxygen atoms in total. The van der Waals surface area contributed by atoms with Crippen molar-refractivity contribution in [1.82, 2.24) is 0 Å². The van der Waals surface area contributed by atoms with Gasteiger partial charge in [-0.1, -0.05) is 33.3 Å². The van der Waals surface area contributed by atoms with Gasteiger partial charge in [-0.2, -0.15) is 0 Å². The molecule has 0 aromatic heterocycles. The van der Waals surface area contributed by atoms with E-state index in [-0.39, 0.29) is 34.2 Å². The molecule has 0 unspecified atom stereocenters. The van der Waals surface area contributed by atoms with Crippen LogP contribution in [0.1, 0.15) is 99.3 Å². The highest BCUT2D eigenvalue weighted by atomic mass is 16.5. The maximum absolute atomic E-state index is 12.2. The number of fused-ring (bicyclic) bond motifs is 3. The first-order valence-corrected chi connectivity index (χ1v) is 13.5. The molecule has 3 saturated carbocycles. The van der Waals surface area contributed by atoms with Crippen LogP contribution in [-0.4, -0.2) is 46.9 Å². The van der Waals surface area contributed by atoms with E-state index in [1.54, 1.807) is 6.08 Å². The van der Waals surface area contributed by atoms with Gasteiger partial charge in [-0.05, 0) is 93.8 Å². The highest BCUT2D eigenvalue weighted by molar-refractivity contribution is 5.90. The van der Waals surface area contributed by atoms with Crippen LogP contribution in [-0.2, 0) is 23.9 Å². The number of rotatable bonds is 7. The summed E-state index contributed by atoms with van der Waals surface area (Å²) in [6.45, 7) is 13.0. The molecule has 0 spiro atoms. The summed E-state index contributed by atoms with van der Waals surface area (Å²) in [5.74, 6) is -1.30. The molecule has 0 aromatic carbocycles. The Morgan fingerprint density at radius 3 is 2.17 bits per heavy atom. The van der Waals surface area contributed by atoms with Gasteiger partial charge in [0.15, 0.2) is 0 Å². The number of carboxylic acids is 1. The molecule has 7 heteroatoms. The van der Waals surface area contributed by atoms with Crippen LogP contribution in [0.5, 0.6) is 0 Å². The summed E-state index contributed by atoms with van der Waals surface area (Å²) < 4.78 is 10.5. The molecule has 2 N–H and O–H groups in total. The molecule has 3 aliphatic carbocycles. The quantitative estimate of drug-likeness (QED) is 0.274. The molecule has 0 aliphatic heterocycles. The second-order valence-electron chi connectivity index (χ2n) is 13.1. The molecule has 3 fully saturated rings. The molecule has 7 atom stereocenters. The number of carbonyl (C=O) groups excluding carboxylic acids is 2. The molecule has 0 saturated heterocycles. The van der Waals surface area contributed by atoms with Crippen molar-refractivity contribution in [2.75, 3.05) is 7.11 Å². The monoisotopic (exact) mass is 506 g/mol. The Hall–Kier alpha value is -1.89. The van der Waals surface area contributed by atoms with Gasteiger partial charge in [0.05, 0.1) is 12.7 Å². The van der Waals surface area contributed by atoms with Crippen LogP contribution in [0.15, 0.2) is 11.6 Å². The van der Waals surface area contributed by atoms with Gasteiger partial charge in [0.1, 0.15) is 12.5 Å². The van der Waals surface area contributed by atoms with E-state index in [1.807, 2.05) is 13.8 Å². The number of aliphatic hydroxyl groups is 1. The van der Waals surface area contributed by atoms with Gasteiger partial charge >= 0.3 is 17.9 Å². The van der Waals surface area contributed by atoms with Crippen LogP contribution in [0.4, 0.5) is 0 Å². The Morgan fingerprint density at radius 2 is 1.56 bits per heavy atom. The average molecular weight is 507 g/mol. The van der Waals surface area contributed by atoms with Gasteiger partial charge in [-0.15, -0.1) is 0 Å². The lowest BCUT2D eigenvalue weighted by atomic mass is 9.37. The van der Waals surface area contributed by atoms with Crippen LogP contribution in [0.25, 0.3) is 0 Å². The zero-order valence-corrected chi connectivity index (χ0v) is 23.2. The van der Waals surface area contributed by atoms with Gasteiger partial charge < -0.3 is 19.7 Å². The first-order chi connectivity index (χ1) is 16.6. The van der Waals surface area contributed by atoms with Crippen LogP contribution in [0.2, 0.25) is 0 Å². The van der Waals surface area contributed by atoms with E-state index in [0.29, 0.717) is 11.8 Å². The number of methoxy groups -OCH3 is 1. The molecule has 0 bridgehead atoms. The van der Waals surface area contributed by atoms with Gasteiger partial charge in [0.25, 0.3) is 0 Å². The summed E-state index contributed by atoms with van der Waals surface area (Å²) in [5, 5.41) is 20.5. The van der Waals surface area contributed by atoms with Crippen molar-refractivity contribution >= 4 is 17.9 Å². The lowest BCUT2D eigenvalue weighted by Gasteiger charge is -2.68. The molecular weight excluding hydrogens is 460 g/mol. The SMILES string of the molecule is COC(=O)C=C(C)CC[C@H]1[C@]2(C)CC[C@H]3C(C)(C)[C@H](OC(=O)CC(=O)O)CC[C@]3(C)[C@H]2CC[C@]1(C)O. The standard InChI is InChI=1S/C29H46O7/c1-18(16-24(32)35-7)8-9-21-28(5)13-10-19-26(2,3)22(36-25(33)17-23(30)31)12-14-27(19,4)20(28)11-15-29(21,6)34/h16,19-22,34H,8-15,17H2,1-7H3,(H,30,31)/t19-,20+,21-,22+,27-,28+,29-/m0/s1. The van der Waals surface area contributed by atoms with Crippen molar-refractivity contribution < 1.29 is 34.1 Å². The molecule has 3 rings (SSSR count). The van der Waals surface area contributed by atoms with Crippen LogP contribution in [0, 0.1) is 34.0 Å². The van der Waals surface area contributed by atoms with Crippen molar-refractivity contribution in [3.63, 3.8) is 0 Å². The summed E-state index contributed by atoms with van der Waals surface area (Å²) in [4.78, 5) is 34.9. The highest BCUT2D eigenvalue weighted by Gasteiger charge is 2.65. The van der Waals surface area contributed by atoms with E-state index >= 15 is 0 Å². The molecule has 36 heavy (non-hydrogen) atoms. The van der Waals surface area contributed by atoms with E-state index in [1.165, 1.54) is 7.11 Å². The van der Waals surface area contributed by atoms with Crippen molar-refractivity contribution in [2.24, 2.45) is 34.0 Å². The molecular formula is C29H46O7. The Kier molecular flexibility index (Phi) is 8.05. The first-order valence-electron chi connectivity index (χ1n) is 13.5. The summed E-state index contributed by atoms with van der Waals surface area (Å²) in [5.41, 5.74) is -0.0658. The fraction of sp³-hybridized carbons (Fsp3) is 0.828. The Bertz CT molecular complexity index is 903. The lowest BCUT2D eigenvalue weighted by molar-refractivity contribution is -0.231. The van der Waals surface area contributed by atoms with Gasteiger partial charge in [0, 0.05) is 11.5 Å². The summed E-state index contributed by atoms with van der Waals surface area (Å²) in [6.07, 6.45) is 7.53. The highest BCUT2D eigenvalue weighted by Crippen LogP contribution is 2.70. The second kappa shape index (κ2) is 10.1. The molecule has 0 aromatic rings. The van der Waals surface area contributed by atoms with E-state index in [0.717, 1.165) is 56.9 Å². The molecule has 0 heterocycles. The number of ether oxygens (including phenoxy) is 2. The Labute approximate surface area is 216 Å². The smallest absolute Gasteiger partial charge is 0.330 e. The summed E-state index contributed by atoms with van der Waals surface area (Å²) in [6, 6.07) is 0. The summed E-state index contributed by atoms with van der Waals surface area (Å²) in [7, 11) is 1.38. The van der Waals surface area contributed by atoms with Gasteiger partial charge in [-0.25, -0.2) is 4.79 Å². The number of hydrogen-bond acceptors (Lipinski definition) is 6. The number of esters is 2. The zero-order chi connectivity index (χ0) is 27.1. The third kappa shape index (κ3) is 5.23. The first kappa shape index (κ1) is 28.7. The van der Waals surface area contributed by atoms with Gasteiger partial charge in [-0.3, -0.25) is 9.59 Å². The predicted molar refractivity (Wildman–Crippen MR) is 136 cm³/mol. The number of aliphatic carboxylic acids is 1. The second-order valence-corrected chi connectivity index (χ2v) is 13.1. The predicted octanol–water partition coefficient (Wildman–Crippen LogP) is 5.29.